The molecule has 1 aliphatic rings. The lowest BCUT2D eigenvalue weighted by Crippen LogP contribution is -2.40. The van der Waals surface area contributed by atoms with Crippen molar-refractivity contribution in [2.75, 3.05) is 32.9 Å². The Bertz CT molecular complexity index is 1340. The van der Waals surface area contributed by atoms with Crippen molar-refractivity contribution >= 4 is 23.2 Å². The molecule has 0 spiro atoms. The first-order valence-electron chi connectivity index (χ1n) is 12.2. The van der Waals surface area contributed by atoms with E-state index in [2.05, 4.69) is 39.8 Å². The summed E-state index contributed by atoms with van der Waals surface area (Å²) in [5.41, 5.74) is 6.68. The summed E-state index contributed by atoms with van der Waals surface area (Å²) in [6.45, 7) is 5.03. The zero-order valence-corrected chi connectivity index (χ0v) is 21.0. The molecule has 0 radical (unpaired) electrons. The quantitative estimate of drug-likeness (QED) is 0.242. The molecule has 3 aromatic carbocycles. The number of esters is 1. The number of rotatable bonds is 6. The number of aromatic nitrogens is 1. The van der Waals surface area contributed by atoms with Crippen molar-refractivity contribution in [3.63, 3.8) is 0 Å². The highest BCUT2D eigenvalue weighted by Gasteiger charge is 2.25. The summed E-state index contributed by atoms with van der Waals surface area (Å²) in [5, 5.41) is 0. The van der Waals surface area contributed by atoms with E-state index in [0.29, 0.717) is 25.4 Å². The molecule has 0 bridgehead atoms. The van der Waals surface area contributed by atoms with Crippen molar-refractivity contribution < 1.29 is 14.3 Å². The Morgan fingerprint density at radius 3 is 2.11 bits per heavy atom. The molecule has 4 aromatic rings. The summed E-state index contributed by atoms with van der Waals surface area (Å²) >= 11 is 6.08. The fourth-order valence-electron chi connectivity index (χ4n) is 4.54. The van der Waals surface area contributed by atoms with Crippen molar-refractivity contribution in [1.82, 2.24) is 9.47 Å². The van der Waals surface area contributed by atoms with Gasteiger partial charge in [0, 0.05) is 24.3 Å². The third kappa shape index (κ3) is 4.83. The van der Waals surface area contributed by atoms with Gasteiger partial charge in [0.15, 0.2) is 0 Å². The van der Waals surface area contributed by atoms with Crippen LogP contribution in [0.3, 0.4) is 0 Å². The molecule has 1 fully saturated rings. The van der Waals surface area contributed by atoms with Gasteiger partial charge in [0.25, 0.3) is 0 Å². The summed E-state index contributed by atoms with van der Waals surface area (Å²) in [7, 11) is 0. The van der Waals surface area contributed by atoms with Gasteiger partial charge in [-0.2, -0.15) is 0 Å². The van der Waals surface area contributed by atoms with Gasteiger partial charge >= 0.3 is 5.97 Å². The molecule has 1 saturated heterocycles. The van der Waals surface area contributed by atoms with Crippen LogP contribution in [0.25, 0.3) is 28.2 Å². The highest BCUT2D eigenvalue weighted by Crippen LogP contribution is 2.37. The topological polar surface area (TPSA) is 43.7 Å². The van der Waals surface area contributed by atoms with E-state index in [1.807, 2.05) is 67.6 Å². The lowest BCUT2D eigenvalue weighted by atomic mass is 10.1. The molecule has 0 aliphatic carbocycles. The van der Waals surface area contributed by atoms with Gasteiger partial charge in [-0.3, -0.25) is 0 Å². The Hall–Kier alpha value is -3.74. The Balaban J connectivity index is 1.72. The molecule has 5 rings (SSSR count). The lowest BCUT2D eigenvalue weighted by Gasteiger charge is -2.29. The zero-order valence-electron chi connectivity index (χ0n) is 20.2. The third-order valence-electron chi connectivity index (χ3n) is 6.28. The minimum atomic E-state index is -0.322. The predicted molar refractivity (Wildman–Crippen MR) is 147 cm³/mol. The van der Waals surface area contributed by atoms with Gasteiger partial charge in [-0.15, -0.1) is 0 Å². The van der Waals surface area contributed by atoms with Gasteiger partial charge in [0.05, 0.1) is 36.8 Å². The molecule has 1 aliphatic heterocycles. The Kier molecular flexibility index (Phi) is 7.26. The first-order valence-corrected chi connectivity index (χ1v) is 12.6. The van der Waals surface area contributed by atoms with Crippen LogP contribution in [0, 0.1) is 0 Å². The van der Waals surface area contributed by atoms with E-state index in [9.17, 15) is 4.79 Å². The normalized spacial score (nSPS) is 13.4. The van der Waals surface area contributed by atoms with Crippen molar-refractivity contribution in [3.8, 4) is 28.2 Å². The molecule has 0 unspecified atom stereocenters. The highest BCUT2D eigenvalue weighted by molar-refractivity contribution is 7.80. The van der Waals surface area contributed by atoms with E-state index in [-0.39, 0.29) is 5.97 Å². The number of ether oxygens (including phenoxy) is 2. The second-order valence-corrected chi connectivity index (χ2v) is 8.92. The van der Waals surface area contributed by atoms with Crippen LogP contribution in [-0.4, -0.2) is 53.3 Å². The molecule has 0 saturated carbocycles. The number of carbonyl (C=O) groups excluding carboxylic acids is 1. The van der Waals surface area contributed by atoms with Crippen molar-refractivity contribution in [1.29, 1.82) is 0 Å². The summed E-state index contributed by atoms with van der Waals surface area (Å²) in [6, 6.07) is 30.4. The van der Waals surface area contributed by atoms with Crippen molar-refractivity contribution in [2.45, 2.75) is 6.92 Å². The molecular weight excluding hydrogens is 468 g/mol. The second kappa shape index (κ2) is 10.9. The maximum Gasteiger partial charge on any atom is 0.338 e. The maximum atomic E-state index is 12.3. The smallest absolute Gasteiger partial charge is 0.338 e. The second-order valence-electron chi connectivity index (χ2n) is 8.53. The van der Waals surface area contributed by atoms with Gasteiger partial charge in [0.1, 0.15) is 4.99 Å². The van der Waals surface area contributed by atoms with Crippen LogP contribution in [0.2, 0.25) is 0 Å². The van der Waals surface area contributed by atoms with Gasteiger partial charge in [-0.25, -0.2) is 4.79 Å². The molecule has 6 heteroatoms. The van der Waals surface area contributed by atoms with Crippen LogP contribution in [0.5, 0.6) is 0 Å². The standard InChI is InChI=1S/C30H28N2O3S/c1-2-35-30(33)24-13-15-25(16-14-24)32-27(22-9-5-3-6-10-22)21-26(28(32)23-11-7-4-8-12-23)29(36)31-17-19-34-20-18-31/h3-16,21H,2,17-20H2,1H3. The molecule has 0 N–H and O–H groups in total. The molecule has 36 heavy (non-hydrogen) atoms. The van der Waals surface area contributed by atoms with E-state index < -0.39 is 0 Å². The van der Waals surface area contributed by atoms with E-state index in [0.717, 1.165) is 51.8 Å². The molecule has 0 atom stereocenters. The molecule has 1 aromatic heterocycles. The number of nitrogens with zero attached hydrogens (tertiary/aromatic N) is 2. The van der Waals surface area contributed by atoms with Gasteiger partial charge < -0.3 is 18.9 Å². The largest absolute Gasteiger partial charge is 0.462 e. The summed E-state index contributed by atoms with van der Waals surface area (Å²) in [6.07, 6.45) is 0. The molecule has 182 valence electrons. The number of morpholine rings is 1. The SMILES string of the molecule is CCOC(=O)c1ccc(-n2c(-c3ccccc3)cc(C(=S)N3CCOCC3)c2-c2ccccc2)cc1. The van der Waals surface area contributed by atoms with Gasteiger partial charge in [-0.1, -0.05) is 72.9 Å². The minimum Gasteiger partial charge on any atom is -0.462 e. The Labute approximate surface area is 216 Å². The summed E-state index contributed by atoms with van der Waals surface area (Å²) in [4.78, 5) is 15.3. The first-order chi connectivity index (χ1) is 17.7. The van der Waals surface area contributed by atoms with Crippen LogP contribution < -0.4 is 0 Å². The average molecular weight is 497 g/mol. The fourth-order valence-corrected chi connectivity index (χ4v) is 4.88. The molecule has 2 heterocycles. The Morgan fingerprint density at radius 2 is 1.50 bits per heavy atom. The highest BCUT2D eigenvalue weighted by atomic mass is 32.1. The number of hydrogen-bond acceptors (Lipinski definition) is 4. The van der Waals surface area contributed by atoms with Crippen LogP contribution in [0.15, 0.2) is 91.0 Å². The maximum absolute atomic E-state index is 12.3. The molecule has 0 amide bonds. The van der Waals surface area contributed by atoms with Gasteiger partial charge in [-0.05, 0) is 48.4 Å². The number of hydrogen-bond donors (Lipinski definition) is 0. The van der Waals surface area contributed by atoms with E-state index in [4.69, 9.17) is 21.7 Å². The summed E-state index contributed by atoms with van der Waals surface area (Å²) in [5.74, 6) is -0.322. The summed E-state index contributed by atoms with van der Waals surface area (Å²) < 4.78 is 13.0. The van der Waals surface area contributed by atoms with E-state index in [1.165, 1.54) is 0 Å². The van der Waals surface area contributed by atoms with Crippen LogP contribution >= 0.6 is 12.2 Å². The van der Waals surface area contributed by atoms with Crippen molar-refractivity contribution in [3.05, 3.63) is 102 Å². The van der Waals surface area contributed by atoms with E-state index in [1.54, 1.807) is 0 Å². The third-order valence-corrected chi connectivity index (χ3v) is 6.76. The van der Waals surface area contributed by atoms with Gasteiger partial charge in [0.2, 0.25) is 0 Å². The number of thiocarbonyl (C=S) groups is 1. The van der Waals surface area contributed by atoms with Crippen LogP contribution in [0.1, 0.15) is 22.8 Å². The average Bonchev–Trinajstić information content (AvgIpc) is 3.35. The monoisotopic (exact) mass is 496 g/mol. The Morgan fingerprint density at radius 1 is 0.889 bits per heavy atom. The lowest BCUT2D eigenvalue weighted by molar-refractivity contribution is 0.0526. The number of benzene rings is 3. The van der Waals surface area contributed by atoms with Crippen LogP contribution in [0.4, 0.5) is 0 Å². The predicted octanol–water partition coefficient (Wildman–Crippen LogP) is 6.00. The minimum absolute atomic E-state index is 0.322. The van der Waals surface area contributed by atoms with E-state index >= 15 is 0 Å². The van der Waals surface area contributed by atoms with Crippen LogP contribution in [-0.2, 0) is 9.47 Å². The zero-order chi connectivity index (χ0) is 24.9. The number of carbonyl (C=O) groups is 1. The fraction of sp³-hybridized carbons (Fsp3) is 0.200. The van der Waals surface area contributed by atoms with Crippen molar-refractivity contribution in [2.24, 2.45) is 0 Å². The molecule has 5 nitrogen and oxygen atoms in total. The first kappa shape index (κ1) is 24.0. The molecular formula is C30H28N2O3S.